The van der Waals surface area contributed by atoms with E-state index in [4.69, 9.17) is 32.7 Å². The van der Waals surface area contributed by atoms with Crippen molar-refractivity contribution in [2.45, 2.75) is 13.0 Å². The van der Waals surface area contributed by atoms with Crippen molar-refractivity contribution in [1.29, 1.82) is 0 Å². The number of halogens is 2. The summed E-state index contributed by atoms with van der Waals surface area (Å²) in [5.74, 6) is -1.56. The van der Waals surface area contributed by atoms with E-state index in [0.29, 0.717) is 22.0 Å². The van der Waals surface area contributed by atoms with Gasteiger partial charge in [-0.25, -0.2) is 0 Å². The third-order valence-corrected chi connectivity index (χ3v) is 6.13. The molecular formula is C25H20Cl2N2O5. The van der Waals surface area contributed by atoms with Gasteiger partial charge in [-0.1, -0.05) is 35.3 Å². The van der Waals surface area contributed by atoms with E-state index in [-0.39, 0.29) is 21.9 Å². The highest BCUT2D eigenvalue weighted by atomic mass is 35.5. The lowest BCUT2D eigenvalue weighted by atomic mass is 9.95. The van der Waals surface area contributed by atoms with E-state index in [1.54, 1.807) is 43.5 Å². The maximum Gasteiger partial charge on any atom is 0.300 e. The fourth-order valence-electron chi connectivity index (χ4n) is 3.97. The molecule has 1 aliphatic heterocycles. The second-order valence-corrected chi connectivity index (χ2v) is 8.42. The van der Waals surface area contributed by atoms with Gasteiger partial charge in [0.25, 0.3) is 11.7 Å². The number of aromatic nitrogens is 1. The number of aliphatic hydroxyl groups is 1. The summed E-state index contributed by atoms with van der Waals surface area (Å²) in [6.07, 6.45) is 3.11. The lowest BCUT2D eigenvalue weighted by Gasteiger charge is -2.26. The zero-order valence-corrected chi connectivity index (χ0v) is 20.0. The first-order chi connectivity index (χ1) is 16.3. The monoisotopic (exact) mass is 498 g/mol. The molecule has 2 aromatic carbocycles. The van der Waals surface area contributed by atoms with Crippen molar-refractivity contribution in [3.05, 3.63) is 87.2 Å². The number of aliphatic hydroxyl groups excluding tert-OH is 1. The maximum atomic E-state index is 13.3. The summed E-state index contributed by atoms with van der Waals surface area (Å²) in [5.41, 5.74) is 1.72. The number of amides is 1. The fourth-order valence-corrected chi connectivity index (χ4v) is 4.37. The summed E-state index contributed by atoms with van der Waals surface area (Å²) < 4.78 is 10.6. The van der Waals surface area contributed by atoms with Crippen LogP contribution in [0.15, 0.2) is 60.4 Å². The van der Waals surface area contributed by atoms with Crippen LogP contribution < -0.4 is 14.4 Å². The smallest absolute Gasteiger partial charge is 0.300 e. The average Bonchev–Trinajstić information content (AvgIpc) is 3.10. The number of ether oxygens (including phenoxy) is 2. The van der Waals surface area contributed by atoms with E-state index in [1.165, 1.54) is 37.4 Å². The molecule has 1 aromatic heterocycles. The molecule has 0 bridgehead atoms. The zero-order chi connectivity index (χ0) is 24.6. The minimum atomic E-state index is -0.962. The number of nitrogens with zero attached hydrogens (tertiary/aromatic N) is 2. The molecule has 1 amide bonds. The number of rotatable bonds is 5. The third-order valence-electron chi connectivity index (χ3n) is 5.60. The summed E-state index contributed by atoms with van der Waals surface area (Å²) in [6, 6.07) is 10.4. The Morgan fingerprint density at radius 1 is 1.06 bits per heavy atom. The Hall–Kier alpha value is -3.55. The van der Waals surface area contributed by atoms with E-state index in [2.05, 4.69) is 4.98 Å². The number of anilines is 1. The van der Waals surface area contributed by atoms with Gasteiger partial charge in [-0.2, -0.15) is 0 Å². The molecule has 1 aliphatic rings. The van der Waals surface area contributed by atoms with Crippen molar-refractivity contribution in [2.24, 2.45) is 0 Å². The Morgan fingerprint density at radius 3 is 2.44 bits per heavy atom. The molecular weight excluding hydrogens is 479 g/mol. The number of hydrogen-bond donors (Lipinski definition) is 1. The molecule has 3 aromatic rings. The van der Waals surface area contributed by atoms with Gasteiger partial charge in [0.15, 0.2) is 0 Å². The van der Waals surface area contributed by atoms with Crippen molar-refractivity contribution < 1.29 is 24.2 Å². The van der Waals surface area contributed by atoms with Gasteiger partial charge in [0.05, 0.1) is 36.4 Å². The molecule has 34 heavy (non-hydrogen) atoms. The highest BCUT2D eigenvalue weighted by Crippen LogP contribution is 2.45. The molecule has 174 valence electrons. The second kappa shape index (κ2) is 9.37. The van der Waals surface area contributed by atoms with Crippen LogP contribution in [0.4, 0.5) is 5.69 Å². The van der Waals surface area contributed by atoms with E-state index < -0.39 is 23.5 Å². The molecule has 7 nitrogen and oxygen atoms in total. The van der Waals surface area contributed by atoms with Gasteiger partial charge in [0.2, 0.25) is 0 Å². The van der Waals surface area contributed by atoms with Gasteiger partial charge in [-0.3, -0.25) is 19.5 Å². The van der Waals surface area contributed by atoms with Crippen LogP contribution in [0.2, 0.25) is 10.0 Å². The number of carbonyl (C=O) groups is 2. The van der Waals surface area contributed by atoms with E-state index in [9.17, 15) is 14.7 Å². The predicted molar refractivity (Wildman–Crippen MR) is 130 cm³/mol. The highest BCUT2D eigenvalue weighted by Gasteiger charge is 2.47. The molecule has 2 heterocycles. The van der Waals surface area contributed by atoms with Gasteiger partial charge in [-0.15, -0.1) is 0 Å². The molecule has 1 saturated heterocycles. The number of methoxy groups -OCH3 is 2. The normalized spacial score (nSPS) is 17.2. The van der Waals surface area contributed by atoms with E-state index in [1.807, 2.05) is 0 Å². The topological polar surface area (TPSA) is 89.0 Å². The predicted octanol–water partition coefficient (Wildman–Crippen LogP) is 5.34. The Bertz CT molecular complexity index is 1320. The number of ketones is 1. The van der Waals surface area contributed by atoms with Crippen LogP contribution in [0.3, 0.4) is 0 Å². The summed E-state index contributed by atoms with van der Waals surface area (Å²) >= 11 is 12.5. The summed E-state index contributed by atoms with van der Waals surface area (Å²) in [6.45, 7) is 1.80. The Morgan fingerprint density at radius 2 is 1.79 bits per heavy atom. The van der Waals surface area contributed by atoms with E-state index in [0.717, 1.165) is 5.56 Å². The van der Waals surface area contributed by atoms with Crippen molar-refractivity contribution in [3.63, 3.8) is 0 Å². The highest BCUT2D eigenvalue weighted by molar-refractivity contribution is 6.52. The molecule has 0 aliphatic carbocycles. The third kappa shape index (κ3) is 3.97. The number of aryl methyl sites for hydroxylation is 1. The summed E-state index contributed by atoms with van der Waals surface area (Å²) in [4.78, 5) is 32.1. The SMILES string of the molecule is COc1cc(OC)c(/C(O)=C2\C(=O)C(=O)N(c3cc(Cl)ccc3C)C2c2cccnc2)cc1Cl. The van der Waals surface area contributed by atoms with Crippen LogP contribution in [-0.4, -0.2) is 36.0 Å². The van der Waals surface area contributed by atoms with Crippen LogP contribution in [-0.2, 0) is 9.59 Å². The molecule has 4 rings (SSSR count). The Labute approximate surface area is 206 Å². The zero-order valence-electron chi connectivity index (χ0n) is 18.5. The van der Waals surface area contributed by atoms with Crippen LogP contribution in [0, 0.1) is 6.92 Å². The summed E-state index contributed by atoms with van der Waals surface area (Å²) in [7, 11) is 2.85. The first-order valence-corrected chi connectivity index (χ1v) is 10.9. The first-order valence-electron chi connectivity index (χ1n) is 10.2. The molecule has 1 unspecified atom stereocenters. The van der Waals surface area contributed by atoms with Gasteiger partial charge in [-0.05, 0) is 42.3 Å². The number of hydrogen-bond acceptors (Lipinski definition) is 6. The second-order valence-electron chi connectivity index (χ2n) is 7.57. The molecule has 0 radical (unpaired) electrons. The molecule has 0 saturated carbocycles. The Kier molecular flexibility index (Phi) is 6.50. The van der Waals surface area contributed by atoms with Gasteiger partial charge < -0.3 is 14.6 Å². The molecule has 1 atom stereocenters. The standard InChI is InChI=1S/C25H20Cl2N2O5/c1-13-6-7-15(26)9-18(13)29-22(14-5-4-8-28-12-14)21(24(31)25(29)32)23(30)16-10-17(27)20(34-3)11-19(16)33-2/h4-12,22,30H,1-3H3/b23-21+. The average molecular weight is 499 g/mol. The number of pyridine rings is 1. The minimum absolute atomic E-state index is 0.128. The lowest BCUT2D eigenvalue weighted by Crippen LogP contribution is -2.30. The van der Waals surface area contributed by atoms with Crippen molar-refractivity contribution in [2.75, 3.05) is 19.1 Å². The summed E-state index contributed by atoms with van der Waals surface area (Å²) in [5, 5.41) is 12.0. The van der Waals surface area contributed by atoms with Crippen molar-refractivity contribution in [1.82, 2.24) is 4.98 Å². The fraction of sp³-hybridized carbons (Fsp3) is 0.160. The van der Waals surface area contributed by atoms with Gasteiger partial charge in [0.1, 0.15) is 17.3 Å². The van der Waals surface area contributed by atoms with E-state index >= 15 is 0 Å². The molecule has 1 N–H and O–H groups in total. The quantitative estimate of drug-likeness (QED) is 0.290. The largest absolute Gasteiger partial charge is 0.507 e. The minimum Gasteiger partial charge on any atom is -0.507 e. The molecule has 1 fully saturated rings. The molecule has 9 heteroatoms. The molecule has 0 spiro atoms. The van der Waals surface area contributed by atoms with Crippen LogP contribution in [0.5, 0.6) is 11.5 Å². The Balaban J connectivity index is 2.01. The van der Waals surface area contributed by atoms with Crippen LogP contribution >= 0.6 is 23.2 Å². The number of carbonyl (C=O) groups excluding carboxylic acids is 2. The van der Waals surface area contributed by atoms with Crippen molar-refractivity contribution in [3.8, 4) is 11.5 Å². The van der Waals surface area contributed by atoms with Gasteiger partial charge >= 0.3 is 0 Å². The first kappa shape index (κ1) is 23.6. The van der Waals surface area contributed by atoms with Gasteiger partial charge in [0, 0.05) is 29.2 Å². The van der Waals surface area contributed by atoms with Crippen LogP contribution in [0.1, 0.15) is 22.7 Å². The number of Topliss-reactive ketones (excluding diaryl/α,β-unsaturated/α-hetero) is 1. The maximum absolute atomic E-state index is 13.3. The number of benzene rings is 2. The van der Waals surface area contributed by atoms with Crippen LogP contribution in [0.25, 0.3) is 5.76 Å². The van der Waals surface area contributed by atoms with Crippen molar-refractivity contribution >= 4 is 46.3 Å². The lowest BCUT2D eigenvalue weighted by molar-refractivity contribution is -0.132.